The van der Waals surface area contributed by atoms with E-state index in [1.165, 1.54) is 19.0 Å². The third-order valence-corrected chi connectivity index (χ3v) is 6.85. The molecule has 4 N–H and O–H groups in total. The molecule has 0 radical (unpaired) electrons. The number of nitrogens with one attached hydrogen (secondary N) is 2. The van der Waals surface area contributed by atoms with Gasteiger partial charge in [0.2, 0.25) is 5.96 Å². The van der Waals surface area contributed by atoms with E-state index in [2.05, 4.69) is 42.2 Å². The number of guanidine groups is 1. The zero-order chi connectivity index (χ0) is 28.9. The van der Waals surface area contributed by atoms with Crippen LogP contribution >= 0.6 is 11.6 Å². The number of carbonyl (C=O) groups excluding carboxylic acids is 1. The highest BCUT2D eigenvalue weighted by molar-refractivity contribution is 6.41. The van der Waals surface area contributed by atoms with E-state index in [1.807, 2.05) is 32.7 Å². The standard InChI is InChI=1S/C28H36ClN9O2/c1-6-31-21-17-32-27(37(5)13-14-38-11-7-8-12-38)35-24(21)25(30)33-20-15-18(9-10-19(20)29)26(39)34-23-16-22(40-36-23)28(2,3)4/h6,9-10,15-17,33H,1,7-8,11-14,30H2,2-5H3,(H,34,36,39)/b25-24-,31-21-. The first kappa shape index (κ1) is 29.0. The van der Waals surface area contributed by atoms with Crippen LogP contribution < -0.4 is 16.4 Å². The number of hydrogen-bond acceptors (Lipinski definition) is 10. The molecule has 12 heteroatoms. The first-order chi connectivity index (χ1) is 19.0. The Morgan fingerprint density at radius 2 is 2.02 bits per heavy atom. The van der Waals surface area contributed by atoms with E-state index in [1.54, 1.807) is 30.5 Å². The molecule has 1 amide bonds. The molecule has 11 nitrogen and oxygen atoms in total. The SMILES string of the molecule is C=C/N=C1/C=NC(N(C)CCN2CCCC2)=N/C1=C(/N)Nc1cc(C(=O)Nc2cc(C(C)(C)C)on2)ccc1Cl. The maximum atomic E-state index is 13.0. The number of likely N-dealkylation sites (tertiary alicyclic amines) is 1. The molecule has 1 fully saturated rings. The van der Waals surface area contributed by atoms with Gasteiger partial charge in [0.15, 0.2) is 5.82 Å². The second-order valence-corrected chi connectivity index (χ2v) is 11.1. The Labute approximate surface area is 239 Å². The smallest absolute Gasteiger partial charge is 0.256 e. The lowest BCUT2D eigenvalue weighted by Crippen LogP contribution is -2.36. The van der Waals surface area contributed by atoms with Gasteiger partial charge in [-0.3, -0.25) is 9.79 Å². The van der Waals surface area contributed by atoms with Crippen molar-refractivity contribution in [2.75, 3.05) is 43.9 Å². The predicted octanol–water partition coefficient (Wildman–Crippen LogP) is 4.47. The average molecular weight is 566 g/mol. The number of allylic oxidation sites excluding steroid dienone is 1. The zero-order valence-corrected chi connectivity index (χ0v) is 24.1. The van der Waals surface area contributed by atoms with E-state index in [4.69, 9.17) is 21.9 Å². The number of aliphatic imine (C=N–C) groups is 3. The number of likely N-dealkylation sites (N-methyl/N-ethyl adjacent to an activating group) is 1. The summed E-state index contributed by atoms with van der Waals surface area (Å²) in [6.07, 6.45) is 5.49. The van der Waals surface area contributed by atoms with Gasteiger partial charge in [-0.25, -0.2) is 9.98 Å². The van der Waals surface area contributed by atoms with E-state index in [0.29, 0.717) is 45.2 Å². The van der Waals surface area contributed by atoms with Crippen molar-refractivity contribution in [1.29, 1.82) is 0 Å². The first-order valence-corrected chi connectivity index (χ1v) is 13.5. The van der Waals surface area contributed by atoms with Gasteiger partial charge in [-0.15, -0.1) is 0 Å². The van der Waals surface area contributed by atoms with Gasteiger partial charge < -0.3 is 30.7 Å². The maximum Gasteiger partial charge on any atom is 0.256 e. The number of nitrogens with two attached hydrogens (primary N) is 1. The van der Waals surface area contributed by atoms with E-state index < -0.39 is 0 Å². The first-order valence-electron chi connectivity index (χ1n) is 13.2. The minimum atomic E-state index is -0.377. The van der Waals surface area contributed by atoms with Crippen molar-refractivity contribution in [1.82, 2.24) is 15.0 Å². The monoisotopic (exact) mass is 565 g/mol. The lowest BCUT2D eigenvalue weighted by Gasteiger charge is -2.24. The Morgan fingerprint density at radius 3 is 2.70 bits per heavy atom. The third-order valence-electron chi connectivity index (χ3n) is 6.52. The zero-order valence-electron chi connectivity index (χ0n) is 23.4. The number of halogens is 1. The van der Waals surface area contributed by atoms with Crippen LogP contribution in [0.15, 0.2) is 68.1 Å². The Morgan fingerprint density at radius 1 is 1.27 bits per heavy atom. The Balaban J connectivity index is 1.53. The lowest BCUT2D eigenvalue weighted by molar-refractivity contribution is 0.102. The summed E-state index contributed by atoms with van der Waals surface area (Å²) in [6, 6.07) is 6.53. The molecule has 1 aromatic carbocycles. The molecule has 1 saturated heterocycles. The molecule has 0 spiro atoms. The minimum Gasteiger partial charge on any atom is -0.383 e. The van der Waals surface area contributed by atoms with Crippen LogP contribution in [0, 0.1) is 0 Å². The van der Waals surface area contributed by atoms with Crippen molar-refractivity contribution in [2.24, 2.45) is 20.7 Å². The highest BCUT2D eigenvalue weighted by Crippen LogP contribution is 2.27. The second kappa shape index (κ2) is 12.5. The average Bonchev–Trinajstić information content (AvgIpc) is 3.61. The van der Waals surface area contributed by atoms with Gasteiger partial charge in [-0.1, -0.05) is 44.1 Å². The van der Waals surface area contributed by atoms with Crippen LogP contribution in [0.3, 0.4) is 0 Å². The van der Waals surface area contributed by atoms with Crippen LogP contribution in [-0.2, 0) is 5.41 Å². The molecular weight excluding hydrogens is 530 g/mol. The van der Waals surface area contributed by atoms with Crippen molar-refractivity contribution in [3.8, 4) is 0 Å². The second-order valence-electron chi connectivity index (χ2n) is 10.7. The van der Waals surface area contributed by atoms with E-state index in [-0.39, 0.29) is 17.1 Å². The van der Waals surface area contributed by atoms with Crippen LogP contribution in [-0.4, -0.2) is 72.0 Å². The molecule has 4 rings (SSSR count). The Hall–Kier alpha value is -3.96. The summed E-state index contributed by atoms with van der Waals surface area (Å²) in [7, 11) is 1.95. The number of benzene rings is 1. The molecule has 2 aromatic rings. The summed E-state index contributed by atoms with van der Waals surface area (Å²) in [6.45, 7) is 13.6. The van der Waals surface area contributed by atoms with Crippen LogP contribution in [0.4, 0.5) is 11.5 Å². The largest absolute Gasteiger partial charge is 0.383 e. The van der Waals surface area contributed by atoms with Gasteiger partial charge in [0.1, 0.15) is 23.0 Å². The van der Waals surface area contributed by atoms with Crippen molar-refractivity contribution >= 4 is 46.9 Å². The molecular formula is C28H36ClN9O2. The molecule has 2 aliphatic rings. The highest BCUT2D eigenvalue weighted by atomic mass is 35.5. The van der Waals surface area contributed by atoms with E-state index >= 15 is 0 Å². The minimum absolute atomic E-state index is 0.197. The molecule has 0 bridgehead atoms. The summed E-state index contributed by atoms with van der Waals surface area (Å²) in [4.78, 5) is 30.8. The van der Waals surface area contributed by atoms with Crippen LogP contribution in [0.5, 0.6) is 0 Å². The summed E-state index contributed by atoms with van der Waals surface area (Å²) in [5, 5.41) is 10.2. The fourth-order valence-corrected chi connectivity index (χ4v) is 4.35. The third kappa shape index (κ3) is 7.16. The fourth-order valence-electron chi connectivity index (χ4n) is 4.18. The molecule has 0 atom stereocenters. The molecule has 0 unspecified atom stereocenters. The van der Waals surface area contributed by atoms with Gasteiger partial charge >= 0.3 is 0 Å². The number of amides is 1. The van der Waals surface area contributed by atoms with E-state index in [9.17, 15) is 4.79 Å². The molecule has 1 aromatic heterocycles. The van der Waals surface area contributed by atoms with Crippen molar-refractivity contribution in [3.05, 3.63) is 64.9 Å². The normalized spacial score (nSPS) is 18.0. The maximum absolute atomic E-state index is 13.0. The molecule has 212 valence electrons. The topological polar surface area (TPSA) is 137 Å². The van der Waals surface area contributed by atoms with Gasteiger partial charge in [0.25, 0.3) is 5.91 Å². The number of aromatic nitrogens is 1. The fraction of sp³-hybridized carbons (Fsp3) is 0.393. The quantitative estimate of drug-likeness (QED) is 0.429. The number of hydrogen-bond donors (Lipinski definition) is 3. The lowest BCUT2D eigenvalue weighted by atomic mass is 9.93. The van der Waals surface area contributed by atoms with Crippen LogP contribution in [0.25, 0.3) is 0 Å². The van der Waals surface area contributed by atoms with Crippen molar-refractivity contribution < 1.29 is 9.32 Å². The Bertz CT molecular complexity index is 1380. The van der Waals surface area contributed by atoms with Gasteiger partial charge in [0, 0.05) is 43.4 Å². The Kier molecular flexibility index (Phi) is 9.06. The number of carbonyl (C=O) groups is 1. The summed E-state index contributed by atoms with van der Waals surface area (Å²) in [5.41, 5.74) is 7.85. The molecule has 0 aliphatic carbocycles. The molecule has 2 aliphatic heterocycles. The number of anilines is 2. The number of rotatable bonds is 8. The summed E-state index contributed by atoms with van der Waals surface area (Å²) >= 11 is 6.46. The molecule has 0 saturated carbocycles. The van der Waals surface area contributed by atoms with Gasteiger partial charge in [-0.05, 0) is 44.1 Å². The van der Waals surface area contributed by atoms with Gasteiger partial charge in [-0.2, -0.15) is 0 Å². The van der Waals surface area contributed by atoms with E-state index in [0.717, 1.165) is 26.2 Å². The van der Waals surface area contributed by atoms with Gasteiger partial charge in [0.05, 0.1) is 16.9 Å². The van der Waals surface area contributed by atoms with Crippen LogP contribution in [0.2, 0.25) is 5.02 Å². The molecule has 3 heterocycles. The van der Waals surface area contributed by atoms with Crippen LogP contribution in [0.1, 0.15) is 49.7 Å². The summed E-state index contributed by atoms with van der Waals surface area (Å²) < 4.78 is 5.36. The number of nitrogens with zero attached hydrogens (tertiary/aromatic N) is 6. The molecule has 40 heavy (non-hydrogen) atoms. The predicted molar refractivity (Wildman–Crippen MR) is 161 cm³/mol. The van der Waals surface area contributed by atoms with Crippen molar-refractivity contribution in [3.63, 3.8) is 0 Å². The summed E-state index contributed by atoms with van der Waals surface area (Å²) in [5.74, 6) is 1.32. The highest BCUT2D eigenvalue weighted by Gasteiger charge is 2.22. The van der Waals surface area contributed by atoms with Crippen molar-refractivity contribution in [2.45, 2.75) is 39.0 Å².